The number of phenolic OH excluding ortho intramolecular Hbond substituents is 1. The van der Waals surface area contributed by atoms with Crippen LogP contribution in [0, 0.1) is 0 Å². The number of aromatic hydroxyl groups is 1. The molecule has 2 aromatic carbocycles. The van der Waals surface area contributed by atoms with Crippen molar-refractivity contribution in [1.82, 2.24) is 25.8 Å². The maximum absolute atomic E-state index is 13.6. The predicted octanol–water partition coefficient (Wildman–Crippen LogP) is -3.26. The number of carbonyl (C=O) groups is 6. The molecule has 6 rings (SSSR count). The number of pyridine rings is 1. The number of nitrogens with one attached hydrogen (secondary N) is 5. The number of carbonyl (C=O) groups excluding carboxylic acids is 6. The van der Waals surface area contributed by atoms with E-state index < -0.39 is 63.5 Å². The molecule has 3 aliphatic rings. The third-order valence-electron chi connectivity index (χ3n) is 8.66. The Kier molecular flexibility index (Phi) is 10.5. The molecule has 1 aromatic heterocycles. The van der Waals surface area contributed by atoms with E-state index in [0.29, 0.717) is 23.4 Å². The largest absolute Gasteiger partial charge is 1.00 e. The van der Waals surface area contributed by atoms with Gasteiger partial charge in [-0.1, -0.05) is 24.3 Å². The van der Waals surface area contributed by atoms with Gasteiger partial charge in [0.25, 0.3) is 11.5 Å². The number of hydrogen-bond acceptors (Lipinski definition) is 10. The second kappa shape index (κ2) is 14.3. The summed E-state index contributed by atoms with van der Waals surface area (Å²) in [6.45, 7) is 3.33. The van der Waals surface area contributed by atoms with Gasteiger partial charge in [-0.2, -0.15) is 0 Å². The molecule has 0 spiro atoms. The molecule has 0 aliphatic carbocycles. The first kappa shape index (κ1) is 36.6. The number of hydrogen-bond donors (Lipinski definition) is 6. The molecule has 254 valence electrons. The van der Waals surface area contributed by atoms with Crippen molar-refractivity contribution in [2.45, 2.75) is 61.0 Å². The van der Waals surface area contributed by atoms with Crippen molar-refractivity contribution in [2.75, 3.05) is 5.32 Å². The molecule has 0 saturated carbocycles. The first-order valence-electron chi connectivity index (χ1n) is 15.3. The van der Waals surface area contributed by atoms with Crippen molar-refractivity contribution in [3.63, 3.8) is 0 Å². The quantitative estimate of drug-likeness (QED) is 0.0959. The molecule has 4 heterocycles. The van der Waals surface area contributed by atoms with Crippen LogP contribution < -0.4 is 61.5 Å². The number of amides is 5. The van der Waals surface area contributed by atoms with Gasteiger partial charge < -0.3 is 46.2 Å². The summed E-state index contributed by atoms with van der Waals surface area (Å²) in [6, 6.07) is 10.5. The molecule has 50 heavy (non-hydrogen) atoms. The maximum Gasteiger partial charge on any atom is 1.00 e. The van der Waals surface area contributed by atoms with Crippen molar-refractivity contribution in [3.8, 4) is 17.0 Å². The normalized spacial score (nSPS) is 22.2. The Morgan fingerprint density at radius 2 is 1.68 bits per heavy atom. The van der Waals surface area contributed by atoms with Crippen molar-refractivity contribution in [1.29, 1.82) is 0 Å². The summed E-state index contributed by atoms with van der Waals surface area (Å²) in [7, 11) is 0. The summed E-state index contributed by atoms with van der Waals surface area (Å²) in [5, 5.41) is 31.4. The first-order chi connectivity index (χ1) is 23.2. The van der Waals surface area contributed by atoms with Crippen molar-refractivity contribution in [2.24, 2.45) is 0 Å². The number of benzene rings is 2. The van der Waals surface area contributed by atoms with Gasteiger partial charge in [-0.05, 0) is 67.8 Å². The third kappa shape index (κ3) is 7.14. The van der Waals surface area contributed by atoms with Gasteiger partial charge in [0.05, 0.1) is 12.0 Å². The minimum absolute atomic E-state index is 0. The minimum atomic E-state index is -1.40. The van der Waals surface area contributed by atoms with Gasteiger partial charge in [0.15, 0.2) is 0 Å². The number of carboxylic acids is 1. The molecular formula is C33H31N6NaO9S. The molecule has 0 radical (unpaired) electrons. The van der Waals surface area contributed by atoms with Gasteiger partial charge in [0, 0.05) is 22.5 Å². The molecular weight excluding hydrogens is 679 g/mol. The van der Waals surface area contributed by atoms with Crippen LogP contribution in [0.4, 0.5) is 5.69 Å². The van der Waals surface area contributed by atoms with E-state index in [1.165, 1.54) is 53.1 Å². The fraction of sp³-hybridized carbons (Fsp3) is 0.303. The van der Waals surface area contributed by atoms with E-state index in [1.54, 1.807) is 38.1 Å². The Hall–Kier alpha value is -4.64. The van der Waals surface area contributed by atoms with Crippen LogP contribution in [0.3, 0.4) is 0 Å². The Morgan fingerprint density at radius 3 is 2.28 bits per heavy atom. The summed E-state index contributed by atoms with van der Waals surface area (Å²) in [5.74, 6) is -4.31. The zero-order valence-electron chi connectivity index (χ0n) is 27.1. The summed E-state index contributed by atoms with van der Waals surface area (Å²) in [4.78, 5) is 92.4. The Labute approximate surface area is 311 Å². The number of rotatable bonds is 9. The molecule has 3 aromatic rings. The number of aromatic nitrogens is 1. The standard InChI is InChI=1S/C33H32N6O9S.Na/c1-33(2)25(32(47)48)39-30(46)24(31(39)49-33)38-29(45)23(16-5-9-18(40)10-6-16)37-27(43)19-11-12-20(36-26(19)42)15-3-7-17(8-4-15)34-28(44)21-13-14-22(41)35-21;/h3-12,21,23-25,31,40H,13-14H2,1-2H3,(H,34,44)(H,35,41)(H,36,42)(H,37,43)(H,38,45)(H,47,48);/q;+1/p-1/t21?,23?,24-,25-,31-;/m1./s1. The predicted molar refractivity (Wildman–Crippen MR) is 174 cm³/mol. The van der Waals surface area contributed by atoms with Gasteiger partial charge in [-0.25, -0.2) is 0 Å². The number of H-pyrrole nitrogens is 1. The minimum Gasteiger partial charge on any atom is -0.548 e. The molecule has 3 saturated heterocycles. The average Bonchev–Trinajstić information content (AvgIpc) is 3.61. The number of aliphatic carboxylic acids is 1. The monoisotopic (exact) mass is 710 g/mol. The molecule has 3 aliphatic heterocycles. The SMILES string of the molecule is CC1(C)S[C@@H]2[C@H](NC(=O)C(NC(=O)c3ccc(-c4ccc(NC(=O)C5CCC(=O)N5)cc4)[nH]c3=O)c3ccc(O)cc3)C(=O)N2[C@@H]1C(=O)[O-].[Na+]. The van der Waals surface area contributed by atoms with Crippen LogP contribution in [-0.4, -0.2) is 78.7 Å². The van der Waals surface area contributed by atoms with E-state index in [1.807, 2.05) is 0 Å². The number of thioether (sulfide) groups is 1. The average molecular weight is 711 g/mol. The summed E-state index contributed by atoms with van der Waals surface area (Å²) < 4.78 is -0.871. The number of aromatic amines is 1. The van der Waals surface area contributed by atoms with E-state index >= 15 is 0 Å². The van der Waals surface area contributed by atoms with Crippen LogP contribution >= 0.6 is 11.8 Å². The first-order valence-corrected chi connectivity index (χ1v) is 16.2. The number of anilines is 1. The second-order valence-corrected chi connectivity index (χ2v) is 14.2. The van der Waals surface area contributed by atoms with Gasteiger partial charge in [-0.3, -0.25) is 28.8 Å². The van der Waals surface area contributed by atoms with Crippen LogP contribution in [0.2, 0.25) is 0 Å². The van der Waals surface area contributed by atoms with E-state index in [2.05, 4.69) is 26.3 Å². The molecule has 2 unspecified atom stereocenters. The van der Waals surface area contributed by atoms with Crippen LogP contribution in [0.25, 0.3) is 11.3 Å². The smallest absolute Gasteiger partial charge is 0.548 e. The zero-order valence-corrected chi connectivity index (χ0v) is 30.0. The van der Waals surface area contributed by atoms with Gasteiger partial charge >= 0.3 is 29.6 Å². The van der Waals surface area contributed by atoms with E-state index in [0.717, 1.165) is 0 Å². The summed E-state index contributed by atoms with van der Waals surface area (Å²) in [5.41, 5.74) is 0.614. The van der Waals surface area contributed by atoms with Gasteiger partial charge in [-0.15, -0.1) is 11.8 Å². The fourth-order valence-electron chi connectivity index (χ4n) is 6.13. The summed E-state index contributed by atoms with van der Waals surface area (Å²) >= 11 is 1.21. The van der Waals surface area contributed by atoms with E-state index in [9.17, 15) is 43.8 Å². The Morgan fingerprint density at radius 1 is 1.00 bits per heavy atom. The molecule has 0 bridgehead atoms. The van der Waals surface area contributed by atoms with Gasteiger partial charge in [0.1, 0.15) is 34.8 Å². The number of carboxylic acid groups (broad SMARTS) is 1. The third-order valence-corrected chi connectivity index (χ3v) is 10.2. The fourth-order valence-corrected chi connectivity index (χ4v) is 7.75. The van der Waals surface area contributed by atoms with E-state index in [4.69, 9.17) is 0 Å². The van der Waals surface area contributed by atoms with Crippen molar-refractivity contribution in [3.05, 3.63) is 82.1 Å². The Bertz CT molecular complexity index is 1930. The molecule has 17 heteroatoms. The summed E-state index contributed by atoms with van der Waals surface area (Å²) in [6.07, 6.45) is 0.699. The maximum atomic E-state index is 13.6. The number of phenols is 1. The number of fused-ring (bicyclic) bond motifs is 1. The second-order valence-electron chi connectivity index (χ2n) is 12.4. The number of nitrogens with zero attached hydrogens (tertiary/aromatic N) is 1. The zero-order chi connectivity index (χ0) is 35.2. The topological polar surface area (TPSA) is 230 Å². The molecule has 3 fully saturated rings. The van der Waals surface area contributed by atoms with Crippen LogP contribution in [-0.2, 0) is 24.0 Å². The number of β-lactam (4-membered cyclic amide) rings is 1. The molecule has 5 amide bonds. The van der Waals surface area contributed by atoms with Crippen molar-refractivity contribution >= 4 is 53.0 Å². The Balaban J connectivity index is 0.00000486. The molecule has 5 atom stereocenters. The molecule has 6 N–H and O–H groups in total. The van der Waals surface area contributed by atoms with Crippen LogP contribution in [0.15, 0.2) is 65.5 Å². The molecule has 15 nitrogen and oxygen atoms in total. The van der Waals surface area contributed by atoms with E-state index in [-0.39, 0.29) is 64.7 Å². The van der Waals surface area contributed by atoms with Crippen LogP contribution in [0.5, 0.6) is 5.75 Å². The van der Waals surface area contributed by atoms with Crippen molar-refractivity contribution < 1.29 is 68.5 Å². The van der Waals surface area contributed by atoms with Crippen LogP contribution in [0.1, 0.15) is 48.7 Å². The van der Waals surface area contributed by atoms with Gasteiger partial charge in [0.2, 0.25) is 23.6 Å².